The van der Waals surface area contributed by atoms with Crippen LogP contribution < -0.4 is 5.32 Å². The summed E-state index contributed by atoms with van der Waals surface area (Å²) in [7, 11) is 0. The summed E-state index contributed by atoms with van der Waals surface area (Å²) in [5.41, 5.74) is 0.363. The van der Waals surface area contributed by atoms with Gasteiger partial charge in [0, 0.05) is 15.4 Å². The molecule has 0 radical (unpaired) electrons. The number of hydrogen-bond acceptors (Lipinski definition) is 2. The Bertz CT molecular complexity index is 489. The van der Waals surface area contributed by atoms with Gasteiger partial charge in [0.2, 0.25) is 5.91 Å². The summed E-state index contributed by atoms with van der Waals surface area (Å²) in [6, 6.07) is 3.17. The van der Waals surface area contributed by atoms with Crippen LogP contribution in [-0.4, -0.2) is 17.0 Å². The molecule has 0 aliphatic rings. The zero-order chi connectivity index (χ0) is 14.4. The zero-order valence-electron chi connectivity index (χ0n) is 10.5. The van der Waals surface area contributed by atoms with Crippen LogP contribution in [-0.2, 0) is 4.79 Å². The average Bonchev–Trinajstić information content (AvgIpc) is 2.32. The van der Waals surface area contributed by atoms with Crippen molar-refractivity contribution >= 4 is 49.4 Å². The number of halogens is 2. The van der Waals surface area contributed by atoms with E-state index >= 15 is 0 Å². The van der Waals surface area contributed by atoms with E-state index in [1.807, 2.05) is 0 Å². The number of rotatable bonds is 6. The molecule has 0 saturated heterocycles. The highest BCUT2D eigenvalue weighted by Crippen LogP contribution is 2.31. The van der Waals surface area contributed by atoms with E-state index in [4.69, 9.17) is 5.11 Å². The van der Waals surface area contributed by atoms with Gasteiger partial charge in [-0.2, -0.15) is 0 Å². The minimum absolute atomic E-state index is 0.0603. The Labute approximate surface area is 128 Å². The van der Waals surface area contributed by atoms with E-state index in [9.17, 15) is 9.59 Å². The van der Waals surface area contributed by atoms with Crippen LogP contribution in [0.1, 0.15) is 43.0 Å². The molecule has 0 atom stereocenters. The maximum absolute atomic E-state index is 11.8. The van der Waals surface area contributed by atoms with Crippen molar-refractivity contribution in [3.8, 4) is 0 Å². The van der Waals surface area contributed by atoms with Crippen molar-refractivity contribution in [2.24, 2.45) is 0 Å². The number of unbranched alkanes of at least 4 members (excludes halogenated alkanes) is 2. The van der Waals surface area contributed by atoms with Crippen LogP contribution in [0.25, 0.3) is 0 Å². The lowest BCUT2D eigenvalue weighted by Gasteiger charge is -2.11. The number of carboxylic acids is 1. The summed E-state index contributed by atoms with van der Waals surface area (Å²) in [5, 5.41) is 11.8. The second kappa shape index (κ2) is 7.65. The Morgan fingerprint density at radius 1 is 1.26 bits per heavy atom. The van der Waals surface area contributed by atoms with E-state index in [2.05, 4.69) is 44.1 Å². The monoisotopic (exact) mass is 391 g/mol. The van der Waals surface area contributed by atoms with Gasteiger partial charge in [-0.15, -0.1) is 0 Å². The van der Waals surface area contributed by atoms with Gasteiger partial charge in [0.15, 0.2) is 0 Å². The topological polar surface area (TPSA) is 66.4 Å². The smallest absolute Gasteiger partial charge is 0.337 e. The van der Waals surface area contributed by atoms with Gasteiger partial charge in [0.05, 0.1) is 11.3 Å². The fourth-order valence-corrected chi connectivity index (χ4v) is 2.93. The Balaban J connectivity index is 2.88. The second-order valence-electron chi connectivity index (χ2n) is 4.12. The Morgan fingerprint density at radius 3 is 2.53 bits per heavy atom. The molecule has 0 aromatic heterocycles. The van der Waals surface area contributed by atoms with E-state index in [-0.39, 0.29) is 11.5 Å². The predicted molar refractivity (Wildman–Crippen MR) is 81.6 cm³/mol. The third kappa shape index (κ3) is 4.95. The van der Waals surface area contributed by atoms with Crippen LogP contribution in [0.15, 0.2) is 21.1 Å². The molecule has 4 nitrogen and oxygen atoms in total. The SMILES string of the molecule is CCCCCC(=O)Nc1c(Br)cc(Br)cc1C(=O)O. The highest BCUT2D eigenvalue weighted by Gasteiger charge is 2.16. The van der Waals surface area contributed by atoms with Crippen LogP contribution in [0.3, 0.4) is 0 Å². The van der Waals surface area contributed by atoms with Crippen molar-refractivity contribution in [2.75, 3.05) is 5.32 Å². The van der Waals surface area contributed by atoms with Crippen LogP contribution in [0, 0.1) is 0 Å². The van der Waals surface area contributed by atoms with Crippen molar-refractivity contribution in [2.45, 2.75) is 32.6 Å². The molecule has 0 spiro atoms. The Hall–Kier alpha value is -0.880. The summed E-state index contributed by atoms with van der Waals surface area (Å²) in [6.07, 6.45) is 3.23. The third-order valence-corrected chi connectivity index (χ3v) is 3.64. The fraction of sp³-hybridized carbons (Fsp3) is 0.385. The summed E-state index contributed by atoms with van der Waals surface area (Å²) < 4.78 is 1.18. The number of carbonyl (C=O) groups excluding carboxylic acids is 1. The zero-order valence-corrected chi connectivity index (χ0v) is 13.7. The van der Waals surface area contributed by atoms with Gasteiger partial charge >= 0.3 is 5.97 Å². The van der Waals surface area contributed by atoms with Gasteiger partial charge in [-0.25, -0.2) is 4.79 Å². The maximum atomic E-state index is 11.8. The second-order valence-corrected chi connectivity index (χ2v) is 5.89. The molecule has 0 saturated carbocycles. The molecule has 2 N–H and O–H groups in total. The molecule has 0 aliphatic carbocycles. The molecule has 0 unspecified atom stereocenters. The quantitative estimate of drug-likeness (QED) is 0.703. The van der Waals surface area contributed by atoms with E-state index in [0.717, 1.165) is 19.3 Å². The lowest BCUT2D eigenvalue weighted by Crippen LogP contribution is -2.15. The van der Waals surface area contributed by atoms with E-state index in [1.54, 1.807) is 6.07 Å². The van der Waals surface area contributed by atoms with E-state index in [1.165, 1.54) is 6.07 Å². The number of benzene rings is 1. The number of nitrogens with one attached hydrogen (secondary N) is 1. The number of anilines is 1. The average molecular weight is 393 g/mol. The number of aromatic carboxylic acids is 1. The molecule has 0 bridgehead atoms. The summed E-state index contributed by atoms with van der Waals surface area (Å²) in [5.74, 6) is -1.25. The molecule has 6 heteroatoms. The first-order chi connectivity index (χ1) is 8.95. The summed E-state index contributed by atoms with van der Waals surface area (Å²) in [6.45, 7) is 2.06. The summed E-state index contributed by atoms with van der Waals surface area (Å²) >= 11 is 6.50. The largest absolute Gasteiger partial charge is 0.478 e. The predicted octanol–water partition coefficient (Wildman–Crippen LogP) is 4.43. The number of hydrogen-bond donors (Lipinski definition) is 2. The molecular formula is C13H15Br2NO3. The van der Waals surface area contributed by atoms with Gasteiger partial charge in [0.1, 0.15) is 0 Å². The molecule has 0 fully saturated rings. The van der Waals surface area contributed by atoms with Crippen molar-refractivity contribution in [3.63, 3.8) is 0 Å². The Morgan fingerprint density at radius 2 is 1.95 bits per heavy atom. The fourth-order valence-electron chi connectivity index (χ4n) is 1.61. The van der Waals surface area contributed by atoms with E-state index < -0.39 is 5.97 Å². The first-order valence-electron chi connectivity index (χ1n) is 5.98. The minimum Gasteiger partial charge on any atom is -0.478 e. The first-order valence-corrected chi connectivity index (χ1v) is 7.56. The van der Waals surface area contributed by atoms with Gasteiger partial charge in [-0.05, 0) is 34.5 Å². The van der Waals surface area contributed by atoms with Gasteiger partial charge in [-0.1, -0.05) is 35.7 Å². The third-order valence-electron chi connectivity index (χ3n) is 2.56. The highest BCUT2D eigenvalue weighted by atomic mass is 79.9. The van der Waals surface area contributed by atoms with Crippen molar-refractivity contribution in [3.05, 3.63) is 26.6 Å². The van der Waals surface area contributed by atoms with Crippen LogP contribution in [0.4, 0.5) is 5.69 Å². The van der Waals surface area contributed by atoms with Gasteiger partial charge < -0.3 is 10.4 Å². The van der Waals surface area contributed by atoms with Crippen molar-refractivity contribution < 1.29 is 14.7 Å². The molecule has 0 heterocycles. The van der Waals surface area contributed by atoms with Crippen molar-refractivity contribution in [1.29, 1.82) is 0 Å². The molecular weight excluding hydrogens is 378 g/mol. The normalized spacial score (nSPS) is 10.3. The molecule has 0 aliphatic heterocycles. The maximum Gasteiger partial charge on any atom is 0.337 e. The number of carboxylic acid groups (broad SMARTS) is 1. The molecule has 104 valence electrons. The van der Waals surface area contributed by atoms with Gasteiger partial charge in [0.25, 0.3) is 0 Å². The lowest BCUT2D eigenvalue weighted by molar-refractivity contribution is -0.116. The van der Waals surface area contributed by atoms with Crippen LogP contribution >= 0.6 is 31.9 Å². The van der Waals surface area contributed by atoms with Crippen molar-refractivity contribution in [1.82, 2.24) is 0 Å². The van der Waals surface area contributed by atoms with Crippen LogP contribution in [0.2, 0.25) is 0 Å². The molecule has 1 aromatic carbocycles. The molecule has 1 rings (SSSR count). The standard InChI is InChI=1S/C13H15Br2NO3/c1-2-3-4-5-11(17)16-12-9(13(18)19)6-8(14)7-10(12)15/h6-7H,2-5H2,1H3,(H,16,17)(H,18,19). The highest BCUT2D eigenvalue weighted by molar-refractivity contribution is 9.11. The van der Waals surface area contributed by atoms with Gasteiger partial charge in [-0.3, -0.25) is 4.79 Å². The molecule has 19 heavy (non-hydrogen) atoms. The lowest BCUT2D eigenvalue weighted by atomic mass is 10.1. The first kappa shape index (κ1) is 16.2. The van der Waals surface area contributed by atoms with E-state index in [0.29, 0.717) is 21.1 Å². The Kier molecular flexibility index (Phi) is 6.51. The number of amides is 1. The van der Waals surface area contributed by atoms with Crippen LogP contribution in [0.5, 0.6) is 0 Å². The summed E-state index contributed by atoms with van der Waals surface area (Å²) in [4.78, 5) is 22.9. The number of carbonyl (C=O) groups is 2. The molecule has 1 aromatic rings. The minimum atomic E-state index is -1.08. The molecule has 1 amide bonds.